The van der Waals surface area contributed by atoms with Gasteiger partial charge in [-0.05, 0) is 47.9 Å². The van der Waals surface area contributed by atoms with Gasteiger partial charge in [-0.15, -0.1) is 11.3 Å². The topological polar surface area (TPSA) is 32.3 Å². The van der Waals surface area contributed by atoms with Crippen molar-refractivity contribution in [1.82, 2.24) is 14.9 Å². The van der Waals surface area contributed by atoms with Crippen LogP contribution in [0.1, 0.15) is 29.3 Å². The molecule has 0 saturated carbocycles. The van der Waals surface area contributed by atoms with E-state index < -0.39 is 0 Å². The summed E-state index contributed by atoms with van der Waals surface area (Å²) in [4.78, 5) is 16.8. The summed E-state index contributed by atoms with van der Waals surface area (Å²) < 4.78 is 0. The summed E-state index contributed by atoms with van der Waals surface area (Å²) >= 11 is 8.15. The number of aromatic nitrogens is 2. The Kier molecular flexibility index (Phi) is 5.77. The van der Waals surface area contributed by atoms with Crippen LogP contribution in [0.4, 0.5) is 5.82 Å². The first-order chi connectivity index (χ1) is 14.7. The zero-order chi connectivity index (χ0) is 20.5. The van der Waals surface area contributed by atoms with Gasteiger partial charge in [-0.3, -0.25) is 4.90 Å². The number of thiophene rings is 1. The average molecular weight is 439 g/mol. The van der Waals surface area contributed by atoms with E-state index in [4.69, 9.17) is 16.6 Å². The van der Waals surface area contributed by atoms with E-state index in [1.807, 2.05) is 11.3 Å². The number of piperazine rings is 1. The minimum Gasteiger partial charge on any atom is -0.353 e. The number of fused-ring (bicyclic) bond motifs is 3. The number of halogens is 1. The van der Waals surface area contributed by atoms with Gasteiger partial charge in [-0.2, -0.15) is 4.98 Å². The van der Waals surface area contributed by atoms with Gasteiger partial charge in [-0.25, -0.2) is 4.98 Å². The lowest BCUT2D eigenvalue weighted by Gasteiger charge is -2.35. The Morgan fingerprint density at radius 2 is 1.93 bits per heavy atom. The van der Waals surface area contributed by atoms with Gasteiger partial charge in [0.05, 0.1) is 5.39 Å². The second kappa shape index (κ2) is 8.66. The van der Waals surface area contributed by atoms with E-state index in [1.165, 1.54) is 27.8 Å². The van der Waals surface area contributed by atoms with Gasteiger partial charge in [0, 0.05) is 37.6 Å². The molecule has 3 heterocycles. The van der Waals surface area contributed by atoms with Gasteiger partial charge in [0.25, 0.3) is 0 Å². The van der Waals surface area contributed by atoms with Crippen molar-refractivity contribution in [3.63, 3.8) is 0 Å². The Morgan fingerprint density at radius 1 is 1.13 bits per heavy atom. The van der Waals surface area contributed by atoms with Crippen molar-refractivity contribution >= 4 is 45.0 Å². The van der Waals surface area contributed by atoms with Crippen LogP contribution in [-0.4, -0.2) is 47.6 Å². The summed E-state index contributed by atoms with van der Waals surface area (Å²) in [5.41, 5.74) is 2.73. The molecule has 1 fully saturated rings. The molecule has 6 heteroatoms. The normalized spacial score (nSPS) is 20.2. The number of hydrogen-bond acceptors (Lipinski definition) is 5. The van der Waals surface area contributed by atoms with Crippen molar-refractivity contribution in [2.24, 2.45) is 5.92 Å². The molecule has 2 aromatic heterocycles. The van der Waals surface area contributed by atoms with Gasteiger partial charge < -0.3 is 4.90 Å². The van der Waals surface area contributed by atoms with Crippen LogP contribution >= 0.6 is 22.9 Å². The number of nitrogens with zero attached hydrogens (tertiary/aromatic N) is 4. The van der Waals surface area contributed by atoms with Crippen LogP contribution in [0.25, 0.3) is 16.3 Å². The van der Waals surface area contributed by atoms with Crippen molar-refractivity contribution in [2.75, 3.05) is 37.6 Å². The van der Waals surface area contributed by atoms with E-state index in [-0.39, 0.29) is 0 Å². The standard InChI is InChI=1S/C24H27ClN4S/c1-17-9-10-19-20(16-17)30-23-21(19)22(26-24(25)27-23)29-14-12-28(13-15-29)11-5-8-18-6-3-2-4-7-18/h2-8,17H,9-16H2,1H3/b8-5+. The molecule has 1 aromatic carbocycles. The highest BCUT2D eigenvalue weighted by Gasteiger charge is 2.27. The number of anilines is 1. The summed E-state index contributed by atoms with van der Waals surface area (Å²) in [6.07, 6.45) is 8.02. The Hall–Kier alpha value is -1.95. The highest BCUT2D eigenvalue weighted by molar-refractivity contribution is 7.19. The number of rotatable bonds is 4. The molecule has 1 saturated heterocycles. The number of hydrogen-bond donors (Lipinski definition) is 0. The Labute approximate surface area is 187 Å². The minimum absolute atomic E-state index is 0.373. The van der Waals surface area contributed by atoms with Crippen LogP contribution < -0.4 is 4.90 Å². The molecule has 0 bridgehead atoms. The number of aryl methyl sites for hydroxylation is 1. The van der Waals surface area contributed by atoms with E-state index in [0.717, 1.165) is 62.1 Å². The van der Waals surface area contributed by atoms with E-state index in [9.17, 15) is 0 Å². The molecule has 156 valence electrons. The van der Waals surface area contributed by atoms with E-state index in [1.54, 1.807) is 0 Å². The molecule has 1 aliphatic carbocycles. The van der Waals surface area contributed by atoms with Crippen LogP contribution in [0.3, 0.4) is 0 Å². The first-order valence-corrected chi connectivity index (χ1v) is 12.0. The van der Waals surface area contributed by atoms with Crippen LogP contribution in [0, 0.1) is 5.92 Å². The summed E-state index contributed by atoms with van der Waals surface area (Å²) in [5, 5.41) is 1.64. The quantitative estimate of drug-likeness (QED) is 0.517. The van der Waals surface area contributed by atoms with E-state index in [0.29, 0.717) is 5.28 Å². The third-order valence-corrected chi connectivity index (χ3v) is 7.57. The van der Waals surface area contributed by atoms with Crippen molar-refractivity contribution < 1.29 is 0 Å². The zero-order valence-corrected chi connectivity index (χ0v) is 18.9. The fourth-order valence-corrected chi connectivity index (χ4v) is 6.16. The van der Waals surface area contributed by atoms with Gasteiger partial charge in [-0.1, -0.05) is 49.4 Å². The molecule has 1 atom stereocenters. The smallest absolute Gasteiger partial charge is 0.225 e. The predicted octanol–water partition coefficient (Wildman–Crippen LogP) is 5.30. The molecule has 3 aromatic rings. The number of benzene rings is 1. The fourth-order valence-electron chi connectivity index (χ4n) is 4.57. The lowest BCUT2D eigenvalue weighted by molar-refractivity contribution is 0.284. The summed E-state index contributed by atoms with van der Waals surface area (Å²) in [6, 6.07) is 10.5. The molecule has 1 unspecified atom stereocenters. The molecule has 0 amide bonds. The molecule has 5 rings (SSSR count). The minimum atomic E-state index is 0.373. The third kappa shape index (κ3) is 4.11. The highest BCUT2D eigenvalue weighted by atomic mass is 35.5. The average Bonchev–Trinajstić information content (AvgIpc) is 3.11. The molecule has 30 heavy (non-hydrogen) atoms. The molecule has 2 aliphatic rings. The van der Waals surface area contributed by atoms with Crippen LogP contribution in [-0.2, 0) is 12.8 Å². The largest absolute Gasteiger partial charge is 0.353 e. The highest BCUT2D eigenvalue weighted by Crippen LogP contribution is 2.41. The van der Waals surface area contributed by atoms with Gasteiger partial charge >= 0.3 is 0 Å². The molecular weight excluding hydrogens is 412 g/mol. The van der Waals surface area contributed by atoms with Crippen LogP contribution in [0.2, 0.25) is 5.28 Å². The Morgan fingerprint density at radius 3 is 2.73 bits per heavy atom. The third-order valence-electron chi connectivity index (χ3n) is 6.25. The predicted molar refractivity (Wildman–Crippen MR) is 128 cm³/mol. The van der Waals surface area contributed by atoms with E-state index in [2.05, 4.69) is 64.2 Å². The van der Waals surface area contributed by atoms with Gasteiger partial charge in [0.1, 0.15) is 10.6 Å². The lowest BCUT2D eigenvalue weighted by atomic mass is 9.89. The summed E-state index contributed by atoms with van der Waals surface area (Å²) in [6.45, 7) is 7.34. The maximum absolute atomic E-state index is 6.33. The monoisotopic (exact) mass is 438 g/mol. The maximum Gasteiger partial charge on any atom is 0.225 e. The maximum atomic E-state index is 6.33. The van der Waals surface area contributed by atoms with Crippen LogP contribution in [0.5, 0.6) is 0 Å². The van der Waals surface area contributed by atoms with Crippen molar-refractivity contribution in [1.29, 1.82) is 0 Å². The molecule has 1 aliphatic heterocycles. The van der Waals surface area contributed by atoms with Gasteiger partial charge in [0.15, 0.2) is 0 Å². The molecule has 4 nitrogen and oxygen atoms in total. The Balaban J connectivity index is 1.31. The first-order valence-electron chi connectivity index (χ1n) is 10.8. The van der Waals surface area contributed by atoms with Crippen molar-refractivity contribution in [3.8, 4) is 0 Å². The van der Waals surface area contributed by atoms with E-state index >= 15 is 0 Å². The van der Waals surface area contributed by atoms with Crippen molar-refractivity contribution in [3.05, 3.63) is 57.7 Å². The molecule has 0 N–H and O–H groups in total. The second-order valence-corrected chi connectivity index (χ2v) is 9.87. The van der Waals surface area contributed by atoms with Crippen molar-refractivity contribution in [2.45, 2.75) is 26.2 Å². The zero-order valence-electron chi connectivity index (χ0n) is 17.4. The SMILES string of the molecule is CC1CCc2c(sc3nc(Cl)nc(N4CCN(C/C=C/c5ccccc5)CC4)c23)C1. The molecular formula is C24H27ClN4S. The molecule has 0 spiro atoms. The fraction of sp³-hybridized carbons (Fsp3) is 0.417. The van der Waals surface area contributed by atoms with Gasteiger partial charge in [0.2, 0.25) is 5.28 Å². The van der Waals surface area contributed by atoms with Crippen LogP contribution in [0.15, 0.2) is 36.4 Å². The lowest BCUT2D eigenvalue weighted by Crippen LogP contribution is -2.46. The summed E-state index contributed by atoms with van der Waals surface area (Å²) in [5.74, 6) is 1.81. The second-order valence-electron chi connectivity index (χ2n) is 8.45. The first kappa shape index (κ1) is 20.0. The summed E-state index contributed by atoms with van der Waals surface area (Å²) in [7, 11) is 0. The Bertz CT molecular complexity index is 1050. The molecule has 0 radical (unpaired) electrons.